The predicted octanol–water partition coefficient (Wildman–Crippen LogP) is 2.93. The van der Waals surface area contributed by atoms with Gasteiger partial charge in [-0.3, -0.25) is 0 Å². The minimum absolute atomic E-state index is 0.00201. The number of carboxylic acids is 1. The molecule has 1 aromatic heterocycles. The zero-order valence-corrected chi connectivity index (χ0v) is 10.5. The van der Waals surface area contributed by atoms with E-state index in [9.17, 15) is 18.0 Å². The predicted molar refractivity (Wildman–Crippen MR) is 68.0 cm³/mol. The van der Waals surface area contributed by atoms with Gasteiger partial charge in [-0.1, -0.05) is 24.3 Å². The van der Waals surface area contributed by atoms with Gasteiger partial charge in [0.25, 0.3) is 0 Å². The number of aromatic carboxylic acids is 1. The molecule has 1 N–H and O–H groups in total. The lowest BCUT2D eigenvalue weighted by Gasteiger charge is -2.21. The van der Waals surface area contributed by atoms with Gasteiger partial charge in [0.05, 0.1) is 0 Å². The third kappa shape index (κ3) is 2.98. The second kappa shape index (κ2) is 4.99. The maximum Gasteiger partial charge on any atom is 0.405 e. The van der Waals surface area contributed by atoms with Gasteiger partial charge >= 0.3 is 12.1 Å². The lowest BCUT2D eigenvalue weighted by molar-refractivity contribution is -0.119. The third-order valence-electron chi connectivity index (χ3n) is 2.72. The van der Waals surface area contributed by atoms with Gasteiger partial charge in [0.15, 0.2) is 5.69 Å². The molecule has 0 amide bonds. The number of fused-ring (bicyclic) bond motifs is 1. The van der Waals surface area contributed by atoms with E-state index in [0.29, 0.717) is 10.8 Å². The van der Waals surface area contributed by atoms with Crippen LogP contribution in [0.4, 0.5) is 19.0 Å². The number of rotatable bonds is 3. The number of aromatic nitrogens is 1. The Hall–Kier alpha value is -2.31. The monoisotopic (exact) mass is 284 g/mol. The van der Waals surface area contributed by atoms with Crippen LogP contribution < -0.4 is 4.90 Å². The van der Waals surface area contributed by atoms with Crippen LogP contribution in [0.25, 0.3) is 10.8 Å². The molecule has 0 aliphatic heterocycles. The first kappa shape index (κ1) is 14.1. The van der Waals surface area contributed by atoms with Crippen molar-refractivity contribution in [2.75, 3.05) is 18.5 Å². The number of carbonyl (C=O) groups is 1. The Morgan fingerprint density at radius 1 is 1.35 bits per heavy atom. The molecule has 20 heavy (non-hydrogen) atoms. The summed E-state index contributed by atoms with van der Waals surface area (Å²) in [5, 5.41) is 9.99. The van der Waals surface area contributed by atoms with Crippen LogP contribution in [0.3, 0.4) is 0 Å². The number of carboxylic acid groups (broad SMARTS) is 1. The fourth-order valence-electron chi connectivity index (χ4n) is 1.92. The maximum absolute atomic E-state index is 12.5. The second-order valence-electron chi connectivity index (χ2n) is 4.33. The van der Waals surface area contributed by atoms with Crippen molar-refractivity contribution in [2.24, 2.45) is 0 Å². The first-order chi connectivity index (χ1) is 9.28. The fraction of sp³-hybridized carbons (Fsp3) is 0.231. The summed E-state index contributed by atoms with van der Waals surface area (Å²) in [5.41, 5.74) is -0.285. The normalized spacial score (nSPS) is 11.6. The van der Waals surface area contributed by atoms with E-state index in [1.807, 2.05) is 0 Å². The molecule has 0 bridgehead atoms. The molecule has 0 saturated heterocycles. The molecular formula is C13H11F3N2O2. The molecule has 0 fully saturated rings. The number of anilines is 1. The lowest BCUT2D eigenvalue weighted by atomic mass is 10.1. The Morgan fingerprint density at radius 3 is 2.60 bits per heavy atom. The Morgan fingerprint density at radius 2 is 2.00 bits per heavy atom. The zero-order chi connectivity index (χ0) is 14.9. The number of halogens is 3. The Labute approximate surface area is 112 Å². The quantitative estimate of drug-likeness (QED) is 0.941. The molecule has 0 aliphatic carbocycles. The van der Waals surface area contributed by atoms with Crippen LogP contribution in [0.2, 0.25) is 0 Å². The van der Waals surface area contributed by atoms with Crippen molar-refractivity contribution in [1.29, 1.82) is 0 Å². The van der Waals surface area contributed by atoms with Crippen LogP contribution in [0.1, 0.15) is 10.5 Å². The average molecular weight is 284 g/mol. The molecule has 1 heterocycles. The summed E-state index contributed by atoms with van der Waals surface area (Å²) >= 11 is 0. The van der Waals surface area contributed by atoms with E-state index < -0.39 is 18.7 Å². The molecule has 4 nitrogen and oxygen atoms in total. The van der Waals surface area contributed by atoms with Gasteiger partial charge in [-0.25, -0.2) is 9.78 Å². The average Bonchev–Trinajstić information content (AvgIpc) is 2.35. The SMILES string of the molecule is CN(CC(F)(F)F)c1nc(C(=O)O)cc2ccccc12. The van der Waals surface area contributed by atoms with Crippen molar-refractivity contribution in [3.63, 3.8) is 0 Å². The summed E-state index contributed by atoms with van der Waals surface area (Å²) in [4.78, 5) is 15.7. The number of pyridine rings is 1. The van der Waals surface area contributed by atoms with E-state index >= 15 is 0 Å². The van der Waals surface area contributed by atoms with Crippen LogP contribution in [-0.4, -0.2) is 35.8 Å². The van der Waals surface area contributed by atoms with E-state index in [1.54, 1.807) is 24.3 Å². The molecule has 0 radical (unpaired) electrons. The molecule has 1 aromatic carbocycles. The highest BCUT2D eigenvalue weighted by Gasteiger charge is 2.30. The van der Waals surface area contributed by atoms with Crippen LogP contribution in [-0.2, 0) is 0 Å². The topological polar surface area (TPSA) is 53.4 Å². The van der Waals surface area contributed by atoms with Crippen molar-refractivity contribution < 1.29 is 23.1 Å². The molecular weight excluding hydrogens is 273 g/mol. The van der Waals surface area contributed by atoms with Gasteiger partial charge in [0.2, 0.25) is 0 Å². The highest BCUT2D eigenvalue weighted by molar-refractivity contribution is 5.97. The number of hydrogen-bond acceptors (Lipinski definition) is 3. The van der Waals surface area contributed by atoms with E-state index in [4.69, 9.17) is 5.11 Å². The first-order valence-electron chi connectivity index (χ1n) is 5.69. The van der Waals surface area contributed by atoms with E-state index in [1.165, 1.54) is 13.1 Å². The fourth-order valence-corrected chi connectivity index (χ4v) is 1.92. The van der Waals surface area contributed by atoms with Gasteiger partial charge in [-0.15, -0.1) is 0 Å². The summed E-state index contributed by atoms with van der Waals surface area (Å²) in [7, 11) is 1.23. The molecule has 2 rings (SSSR count). The standard InChI is InChI=1S/C13H11F3N2O2/c1-18(7-13(14,15)16)11-9-5-3-2-4-8(9)6-10(17-11)12(19)20/h2-6H,7H2,1H3,(H,19,20). The lowest BCUT2D eigenvalue weighted by Crippen LogP contribution is -2.31. The minimum Gasteiger partial charge on any atom is -0.477 e. The van der Waals surface area contributed by atoms with Crippen molar-refractivity contribution >= 4 is 22.6 Å². The summed E-state index contributed by atoms with van der Waals surface area (Å²) < 4.78 is 37.4. The summed E-state index contributed by atoms with van der Waals surface area (Å²) in [6, 6.07) is 7.92. The zero-order valence-electron chi connectivity index (χ0n) is 10.5. The van der Waals surface area contributed by atoms with Gasteiger partial charge in [-0.2, -0.15) is 13.2 Å². The number of hydrogen-bond donors (Lipinski definition) is 1. The maximum atomic E-state index is 12.5. The van der Waals surface area contributed by atoms with Crippen LogP contribution in [0.5, 0.6) is 0 Å². The largest absolute Gasteiger partial charge is 0.477 e. The summed E-state index contributed by atoms with van der Waals surface area (Å²) in [5.74, 6) is -1.28. The van der Waals surface area contributed by atoms with Crippen LogP contribution >= 0.6 is 0 Å². The molecule has 0 saturated carbocycles. The van der Waals surface area contributed by atoms with E-state index in [0.717, 1.165) is 4.90 Å². The molecule has 106 valence electrons. The van der Waals surface area contributed by atoms with Gasteiger partial charge < -0.3 is 10.0 Å². The summed E-state index contributed by atoms with van der Waals surface area (Å²) in [6.45, 7) is -1.20. The Bertz CT molecular complexity index is 656. The molecule has 0 aliphatic rings. The van der Waals surface area contributed by atoms with E-state index in [-0.39, 0.29) is 11.5 Å². The Kier molecular flexibility index (Phi) is 3.52. The highest BCUT2D eigenvalue weighted by Crippen LogP contribution is 2.27. The van der Waals surface area contributed by atoms with E-state index in [2.05, 4.69) is 4.98 Å². The van der Waals surface area contributed by atoms with Crippen molar-refractivity contribution in [3.8, 4) is 0 Å². The number of alkyl halides is 3. The van der Waals surface area contributed by atoms with Gasteiger partial charge in [0.1, 0.15) is 12.4 Å². The molecule has 7 heteroatoms. The smallest absolute Gasteiger partial charge is 0.405 e. The highest BCUT2D eigenvalue weighted by atomic mass is 19.4. The van der Waals surface area contributed by atoms with Crippen LogP contribution in [0, 0.1) is 0 Å². The summed E-state index contributed by atoms with van der Waals surface area (Å²) in [6.07, 6.45) is -4.39. The third-order valence-corrected chi connectivity index (χ3v) is 2.72. The first-order valence-corrected chi connectivity index (χ1v) is 5.69. The second-order valence-corrected chi connectivity index (χ2v) is 4.33. The van der Waals surface area contributed by atoms with Crippen molar-refractivity contribution in [1.82, 2.24) is 4.98 Å². The molecule has 0 atom stereocenters. The molecule has 0 unspecified atom stereocenters. The van der Waals surface area contributed by atoms with Crippen LogP contribution in [0.15, 0.2) is 30.3 Å². The van der Waals surface area contributed by atoms with Gasteiger partial charge in [0, 0.05) is 12.4 Å². The number of benzene rings is 1. The molecule has 2 aromatic rings. The van der Waals surface area contributed by atoms with Crippen molar-refractivity contribution in [2.45, 2.75) is 6.18 Å². The minimum atomic E-state index is -4.39. The molecule has 0 spiro atoms. The van der Waals surface area contributed by atoms with Gasteiger partial charge in [-0.05, 0) is 11.5 Å². The Balaban J connectivity index is 2.57. The van der Waals surface area contributed by atoms with Crippen molar-refractivity contribution in [3.05, 3.63) is 36.0 Å². The number of nitrogens with zero attached hydrogens (tertiary/aromatic N) is 2.